The molecule has 28 heavy (non-hydrogen) atoms. The first-order valence-corrected chi connectivity index (χ1v) is 9.18. The predicted octanol–water partition coefficient (Wildman–Crippen LogP) is 4.50. The molecule has 2 aromatic carbocycles. The molecule has 1 aliphatic rings. The lowest BCUT2D eigenvalue weighted by molar-refractivity contribution is -0.137. The van der Waals surface area contributed by atoms with Gasteiger partial charge in [-0.05, 0) is 48.7 Å². The van der Waals surface area contributed by atoms with Gasteiger partial charge in [0, 0.05) is 38.3 Å². The molecular formula is C21H22F4N2O. The zero-order chi connectivity index (χ0) is 20.3. The molecule has 0 spiro atoms. The van der Waals surface area contributed by atoms with Crippen LogP contribution in [-0.2, 0) is 12.7 Å². The lowest BCUT2D eigenvalue weighted by Crippen LogP contribution is -2.35. The third-order valence-corrected chi connectivity index (χ3v) is 4.98. The Hall–Kier alpha value is -2.41. The van der Waals surface area contributed by atoms with Gasteiger partial charge in [0.25, 0.3) is 5.91 Å². The van der Waals surface area contributed by atoms with Gasteiger partial charge in [-0.15, -0.1) is 0 Å². The van der Waals surface area contributed by atoms with Crippen molar-refractivity contribution in [2.45, 2.75) is 26.1 Å². The molecule has 0 atom stereocenters. The molecule has 3 rings (SSSR count). The molecule has 150 valence electrons. The summed E-state index contributed by atoms with van der Waals surface area (Å²) in [5.74, 6) is -0.597. The lowest BCUT2D eigenvalue weighted by Gasteiger charge is -2.22. The summed E-state index contributed by atoms with van der Waals surface area (Å²) < 4.78 is 51.7. The van der Waals surface area contributed by atoms with E-state index in [9.17, 15) is 22.4 Å². The Morgan fingerprint density at radius 3 is 2.36 bits per heavy atom. The first-order valence-electron chi connectivity index (χ1n) is 9.18. The zero-order valence-electron chi connectivity index (χ0n) is 15.6. The summed E-state index contributed by atoms with van der Waals surface area (Å²) in [4.78, 5) is 16.5. The molecule has 0 aliphatic carbocycles. The second-order valence-corrected chi connectivity index (χ2v) is 7.08. The molecule has 1 aliphatic heterocycles. The van der Waals surface area contributed by atoms with E-state index < -0.39 is 17.6 Å². The van der Waals surface area contributed by atoms with E-state index in [0.717, 1.165) is 30.7 Å². The largest absolute Gasteiger partial charge is 0.416 e. The average molecular weight is 394 g/mol. The van der Waals surface area contributed by atoms with Gasteiger partial charge in [0.05, 0.1) is 5.56 Å². The van der Waals surface area contributed by atoms with Crippen LogP contribution in [-0.4, -0.2) is 41.9 Å². The van der Waals surface area contributed by atoms with Crippen LogP contribution in [0.25, 0.3) is 0 Å². The second kappa shape index (κ2) is 8.31. The smallest absolute Gasteiger partial charge is 0.337 e. The quantitative estimate of drug-likeness (QED) is 0.716. The van der Waals surface area contributed by atoms with Crippen LogP contribution in [0, 0.1) is 12.7 Å². The summed E-state index contributed by atoms with van der Waals surface area (Å²) in [6.45, 7) is 4.59. The number of hydrogen-bond donors (Lipinski definition) is 0. The summed E-state index contributed by atoms with van der Waals surface area (Å²) in [7, 11) is 0. The van der Waals surface area contributed by atoms with Gasteiger partial charge in [0.1, 0.15) is 5.82 Å². The molecule has 1 heterocycles. The Kier molecular flexibility index (Phi) is 6.03. The number of halogens is 4. The maximum absolute atomic E-state index is 13.7. The van der Waals surface area contributed by atoms with Crippen molar-refractivity contribution in [2.75, 3.05) is 26.2 Å². The molecule has 1 saturated heterocycles. The number of aryl methyl sites for hydroxylation is 1. The second-order valence-electron chi connectivity index (χ2n) is 7.08. The van der Waals surface area contributed by atoms with Crippen molar-refractivity contribution in [3.8, 4) is 0 Å². The molecule has 0 bridgehead atoms. The SMILES string of the molecule is Cc1ccc(C(=O)N2CCCN(Cc3ccc(C(F)(F)F)cc3)CC2)cc1F. The summed E-state index contributed by atoms with van der Waals surface area (Å²) in [5.41, 5.74) is 0.969. The molecule has 1 amide bonds. The standard InChI is InChI=1S/C21H22F4N2O/c1-15-3-6-17(13-19(15)22)20(28)27-10-2-9-26(11-12-27)14-16-4-7-18(8-5-16)21(23,24)25/h3-8,13H,2,9-12,14H2,1H3. The highest BCUT2D eigenvalue weighted by Crippen LogP contribution is 2.29. The van der Waals surface area contributed by atoms with E-state index in [1.165, 1.54) is 18.2 Å². The molecule has 0 unspecified atom stereocenters. The van der Waals surface area contributed by atoms with Crippen LogP contribution in [0.2, 0.25) is 0 Å². The topological polar surface area (TPSA) is 23.6 Å². The van der Waals surface area contributed by atoms with E-state index in [0.29, 0.717) is 37.3 Å². The van der Waals surface area contributed by atoms with Gasteiger partial charge in [-0.25, -0.2) is 4.39 Å². The summed E-state index contributed by atoms with van der Waals surface area (Å²) in [6.07, 6.45) is -3.59. The van der Waals surface area contributed by atoms with E-state index in [-0.39, 0.29) is 5.91 Å². The third-order valence-electron chi connectivity index (χ3n) is 4.98. The zero-order valence-corrected chi connectivity index (χ0v) is 15.6. The monoisotopic (exact) mass is 394 g/mol. The maximum Gasteiger partial charge on any atom is 0.416 e. The molecule has 0 N–H and O–H groups in total. The molecule has 0 radical (unpaired) electrons. The van der Waals surface area contributed by atoms with Crippen LogP contribution >= 0.6 is 0 Å². The van der Waals surface area contributed by atoms with Gasteiger partial charge < -0.3 is 4.90 Å². The normalized spacial score (nSPS) is 16.1. The first kappa shape index (κ1) is 20.3. The number of hydrogen-bond acceptors (Lipinski definition) is 2. The summed E-state index contributed by atoms with van der Waals surface area (Å²) in [6, 6.07) is 9.66. The van der Waals surface area contributed by atoms with E-state index in [1.807, 2.05) is 0 Å². The number of amides is 1. The fourth-order valence-corrected chi connectivity index (χ4v) is 3.30. The Morgan fingerprint density at radius 1 is 1.00 bits per heavy atom. The molecule has 0 saturated carbocycles. The van der Waals surface area contributed by atoms with Crippen LogP contribution in [0.15, 0.2) is 42.5 Å². The molecule has 1 fully saturated rings. The van der Waals surface area contributed by atoms with Crippen molar-refractivity contribution in [3.05, 3.63) is 70.5 Å². The van der Waals surface area contributed by atoms with E-state index >= 15 is 0 Å². The van der Waals surface area contributed by atoms with Gasteiger partial charge in [0.15, 0.2) is 0 Å². The number of nitrogens with zero attached hydrogens (tertiary/aromatic N) is 2. The number of benzene rings is 2. The predicted molar refractivity (Wildman–Crippen MR) is 98.4 cm³/mol. The highest BCUT2D eigenvalue weighted by molar-refractivity contribution is 5.94. The highest BCUT2D eigenvalue weighted by atomic mass is 19.4. The van der Waals surface area contributed by atoms with Crippen LogP contribution < -0.4 is 0 Å². The van der Waals surface area contributed by atoms with Crippen LogP contribution in [0.4, 0.5) is 17.6 Å². The Labute approximate surface area is 161 Å². The number of carbonyl (C=O) groups is 1. The Bertz CT molecular complexity index is 833. The van der Waals surface area contributed by atoms with Gasteiger partial charge in [-0.1, -0.05) is 18.2 Å². The maximum atomic E-state index is 13.7. The minimum absolute atomic E-state index is 0.199. The first-order chi connectivity index (χ1) is 13.2. The van der Waals surface area contributed by atoms with Gasteiger partial charge >= 0.3 is 6.18 Å². The summed E-state index contributed by atoms with van der Waals surface area (Å²) >= 11 is 0. The van der Waals surface area contributed by atoms with E-state index in [1.54, 1.807) is 24.0 Å². The minimum atomic E-state index is -4.34. The average Bonchev–Trinajstić information content (AvgIpc) is 2.89. The van der Waals surface area contributed by atoms with Crippen LogP contribution in [0.3, 0.4) is 0 Å². The fraction of sp³-hybridized carbons (Fsp3) is 0.381. The number of rotatable bonds is 3. The van der Waals surface area contributed by atoms with Gasteiger partial charge in [-0.3, -0.25) is 9.69 Å². The van der Waals surface area contributed by atoms with Gasteiger partial charge in [-0.2, -0.15) is 13.2 Å². The van der Waals surface area contributed by atoms with E-state index in [4.69, 9.17) is 0 Å². The summed E-state index contributed by atoms with van der Waals surface area (Å²) in [5, 5.41) is 0. The van der Waals surface area contributed by atoms with Crippen molar-refractivity contribution >= 4 is 5.91 Å². The third kappa shape index (κ3) is 4.90. The lowest BCUT2D eigenvalue weighted by atomic mass is 10.1. The number of carbonyl (C=O) groups excluding carboxylic acids is 1. The van der Waals surface area contributed by atoms with Crippen LogP contribution in [0.1, 0.15) is 33.5 Å². The van der Waals surface area contributed by atoms with E-state index in [2.05, 4.69) is 4.90 Å². The van der Waals surface area contributed by atoms with Crippen LogP contribution in [0.5, 0.6) is 0 Å². The highest BCUT2D eigenvalue weighted by Gasteiger charge is 2.30. The molecule has 3 nitrogen and oxygen atoms in total. The van der Waals surface area contributed by atoms with Crippen molar-refractivity contribution in [2.24, 2.45) is 0 Å². The molecule has 2 aromatic rings. The fourth-order valence-electron chi connectivity index (χ4n) is 3.30. The minimum Gasteiger partial charge on any atom is -0.337 e. The van der Waals surface area contributed by atoms with Crippen molar-refractivity contribution in [3.63, 3.8) is 0 Å². The molecule has 0 aromatic heterocycles. The van der Waals surface area contributed by atoms with Crippen molar-refractivity contribution in [1.29, 1.82) is 0 Å². The van der Waals surface area contributed by atoms with Crippen molar-refractivity contribution < 1.29 is 22.4 Å². The van der Waals surface area contributed by atoms with Gasteiger partial charge in [0.2, 0.25) is 0 Å². The molecular weight excluding hydrogens is 372 g/mol. The Morgan fingerprint density at radius 2 is 1.71 bits per heavy atom. The van der Waals surface area contributed by atoms with Crippen molar-refractivity contribution in [1.82, 2.24) is 9.80 Å². The number of alkyl halides is 3. The Balaban J connectivity index is 1.60. The molecule has 7 heteroatoms.